The number of rotatable bonds is 4. The zero-order valence-electron chi connectivity index (χ0n) is 11.8. The van der Waals surface area contributed by atoms with Crippen molar-refractivity contribution in [2.75, 3.05) is 12.4 Å². The molecule has 4 nitrogen and oxygen atoms in total. The van der Waals surface area contributed by atoms with E-state index < -0.39 is 5.91 Å². The number of carbonyl (C=O) groups is 1. The van der Waals surface area contributed by atoms with Crippen molar-refractivity contribution in [2.24, 2.45) is 11.1 Å². The number of hydrogen-bond donors (Lipinski definition) is 2. The van der Waals surface area contributed by atoms with Gasteiger partial charge in [0.1, 0.15) is 5.75 Å². The average Bonchev–Trinajstić information content (AvgIpc) is 2.68. The number of nitrogens with two attached hydrogens (primary N) is 1. The normalized spacial score (nSPS) is 21.1. The van der Waals surface area contributed by atoms with Crippen LogP contribution in [0.1, 0.15) is 43.5 Å². The number of methoxy groups -OCH3 is 1. The van der Waals surface area contributed by atoms with Crippen LogP contribution in [0.3, 0.4) is 0 Å². The third-order valence-electron chi connectivity index (χ3n) is 4.07. The summed E-state index contributed by atoms with van der Waals surface area (Å²) in [6.07, 6.45) is 3.57. The van der Waals surface area contributed by atoms with E-state index in [-0.39, 0.29) is 5.41 Å². The van der Waals surface area contributed by atoms with E-state index in [0.29, 0.717) is 11.6 Å². The molecule has 1 amide bonds. The average molecular weight is 262 g/mol. The highest BCUT2D eigenvalue weighted by molar-refractivity contribution is 5.94. The third kappa shape index (κ3) is 2.83. The summed E-state index contributed by atoms with van der Waals surface area (Å²) in [4.78, 5) is 11.3. The predicted octanol–water partition coefficient (Wildman–Crippen LogP) is 2.78. The van der Waals surface area contributed by atoms with Crippen molar-refractivity contribution >= 4 is 11.6 Å². The summed E-state index contributed by atoms with van der Waals surface area (Å²) in [5.41, 5.74) is 6.93. The monoisotopic (exact) mass is 262 g/mol. The molecule has 0 saturated heterocycles. The van der Waals surface area contributed by atoms with Crippen LogP contribution in [0.25, 0.3) is 0 Å². The minimum atomic E-state index is -0.420. The maximum Gasteiger partial charge on any atom is 0.248 e. The fourth-order valence-electron chi connectivity index (χ4n) is 2.76. The van der Waals surface area contributed by atoms with Crippen LogP contribution in [0.15, 0.2) is 18.2 Å². The van der Waals surface area contributed by atoms with Gasteiger partial charge in [-0.1, -0.05) is 20.3 Å². The number of anilines is 1. The molecule has 104 valence electrons. The summed E-state index contributed by atoms with van der Waals surface area (Å²) in [6, 6.07) is 5.64. The maximum atomic E-state index is 11.3. The van der Waals surface area contributed by atoms with Gasteiger partial charge in [-0.25, -0.2) is 0 Å². The third-order valence-corrected chi connectivity index (χ3v) is 4.07. The lowest BCUT2D eigenvalue weighted by molar-refractivity contribution is 0.100. The van der Waals surface area contributed by atoms with Gasteiger partial charge in [-0.2, -0.15) is 0 Å². The number of benzene rings is 1. The molecule has 0 heterocycles. The lowest BCUT2D eigenvalue weighted by atomic mass is 9.87. The van der Waals surface area contributed by atoms with Crippen molar-refractivity contribution in [2.45, 2.75) is 39.2 Å². The van der Waals surface area contributed by atoms with Crippen LogP contribution in [0.2, 0.25) is 0 Å². The smallest absolute Gasteiger partial charge is 0.248 e. The first-order chi connectivity index (χ1) is 8.94. The number of primary amides is 1. The Morgan fingerprint density at radius 1 is 1.47 bits per heavy atom. The molecule has 1 atom stereocenters. The number of ether oxygens (including phenoxy) is 1. The molecule has 0 spiro atoms. The summed E-state index contributed by atoms with van der Waals surface area (Å²) < 4.78 is 5.34. The molecule has 0 radical (unpaired) electrons. The predicted molar refractivity (Wildman–Crippen MR) is 76.6 cm³/mol. The molecule has 1 aliphatic carbocycles. The molecular formula is C15H22N2O2. The Morgan fingerprint density at radius 3 is 2.74 bits per heavy atom. The van der Waals surface area contributed by atoms with Crippen LogP contribution in [0.4, 0.5) is 5.69 Å². The molecule has 19 heavy (non-hydrogen) atoms. The van der Waals surface area contributed by atoms with E-state index >= 15 is 0 Å². The van der Waals surface area contributed by atoms with Crippen molar-refractivity contribution < 1.29 is 9.53 Å². The topological polar surface area (TPSA) is 64.3 Å². The summed E-state index contributed by atoms with van der Waals surface area (Å²) in [7, 11) is 1.63. The van der Waals surface area contributed by atoms with Crippen LogP contribution in [-0.4, -0.2) is 19.1 Å². The van der Waals surface area contributed by atoms with Crippen molar-refractivity contribution in [3.05, 3.63) is 23.8 Å². The van der Waals surface area contributed by atoms with Crippen molar-refractivity contribution in [3.8, 4) is 5.75 Å². The number of carbonyl (C=O) groups excluding carboxylic acids is 1. The fourth-order valence-corrected chi connectivity index (χ4v) is 2.76. The van der Waals surface area contributed by atoms with Gasteiger partial charge in [0.05, 0.1) is 12.8 Å². The molecule has 1 fully saturated rings. The molecule has 1 aliphatic rings. The second-order valence-electron chi connectivity index (χ2n) is 5.86. The minimum absolute atomic E-state index is 0.258. The van der Waals surface area contributed by atoms with Crippen molar-refractivity contribution in [1.29, 1.82) is 0 Å². The van der Waals surface area contributed by atoms with Gasteiger partial charge >= 0.3 is 0 Å². The van der Waals surface area contributed by atoms with Gasteiger partial charge in [-0.3, -0.25) is 4.79 Å². The number of nitrogens with one attached hydrogen (secondary N) is 1. The summed E-state index contributed by atoms with van der Waals surface area (Å²) in [6.45, 7) is 4.53. The highest BCUT2D eigenvalue weighted by atomic mass is 16.5. The fraction of sp³-hybridized carbons (Fsp3) is 0.533. The quantitative estimate of drug-likeness (QED) is 0.877. The molecule has 1 unspecified atom stereocenters. The van der Waals surface area contributed by atoms with Gasteiger partial charge in [0.15, 0.2) is 0 Å². The molecule has 0 aliphatic heterocycles. The highest BCUT2D eigenvalue weighted by Crippen LogP contribution is 2.40. The Morgan fingerprint density at radius 2 is 2.21 bits per heavy atom. The molecule has 3 N–H and O–H groups in total. The van der Waals surface area contributed by atoms with E-state index in [1.807, 2.05) is 0 Å². The zero-order chi connectivity index (χ0) is 14.0. The largest absolute Gasteiger partial charge is 0.495 e. The second-order valence-corrected chi connectivity index (χ2v) is 5.86. The Labute approximate surface area is 114 Å². The van der Waals surface area contributed by atoms with E-state index in [1.165, 1.54) is 12.8 Å². The van der Waals surface area contributed by atoms with Gasteiger partial charge in [0.2, 0.25) is 5.91 Å². The van der Waals surface area contributed by atoms with Crippen molar-refractivity contribution in [1.82, 2.24) is 0 Å². The van der Waals surface area contributed by atoms with E-state index in [0.717, 1.165) is 17.9 Å². The molecule has 4 heteroatoms. The minimum Gasteiger partial charge on any atom is -0.495 e. The van der Waals surface area contributed by atoms with E-state index in [4.69, 9.17) is 10.5 Å². The van der Waals surface area contributed by atoms with Crippen LogP contribution < -0.4 is 15.8 Å². The van der Waals surface area contributed by atoms with E-state index in [1.54, 1.807) is 25.3 Å². The summed E-state index contributed by atoms with van der Waals surface area (Å²) in [5.74, 6) is 0.323. The standard InChI is InChI=1S/C15H22N2O2/c1-15(2)8-4-5-13(15)17-11-9-10(14(16)18)6-7-12(11)19-3/h6-7,9,13,17H,4-5,8H2,1-3H3,(H2,16,18). The molecule has 0 aromatic heterocycles. The van der Waals surface area contributed by atoms with E-state index in [9.17, 15) is 4.79 Å². The van der Waals surface area contributed by atoms with Gasteiger partial charge in [-0.05, 0) is 36.5 Å². The Hall–Kier alpha value is -1.71. The Bertz CT molecular complexity index is 483. The van der Waals surface area contributed by atoms with Gasteiger partial charge < -0.3 is 15.8 Å². The molecule has 1 aromatic carbocycles. The van der Waals surface area contributed by atoms with Crippen LogP contribution in [0, 0.1) is 5.41 Å². The summed E-state index contributed by atoms with van der Waals surface area (Å²) >= 11 is 0. The molecule has 0 bridgehead atoms. The first-order valence-corrected chi connectivity index (χ1v) is 6.68. The van der Waals surface area contributed by atoms with Crippen LogP contribution in [0.5, 0.6) is 5.75 Å². The molecule has 1 aromatic rings. The Balaban J connectivity index is 2.27. The zero-order valence-corrected chi connectivity index (χ0v) is 11.8. The second kappa shape index (κ2) is 5.11. The number of hydrogen-bond acceptors (Lipinski definition) is 3. The highest BCUT2D eigenvalue weighted by Gasteiger charge is 2.34. The Kier molecular flexibility index (Phi) is 3.69. The SMILES string of the molecule is COc1ccc(C(N)=O)cc1NC1CCCC1(C)C. The number of amides is 1. The molecule has 2 rings (SSSR count). The van der Waals surface area contributed by atoms with Crippen LogP contribution in [-0.2, 0) is 0 Å². The van der Waals surface area contributed by atoms with E-state index in [2.05, 4.69) is 19.2 Å². The van der Waals surface area contributed by atoms with Gasteiger partial charge in [0.25, 0.3) is 0 Å². The van der Waals surface area contributed by atoms with Crippen molar-refractivity contribution in [3.63, 3.8) is 0 Å². The van der Waals surface area contributed by atoms with Gasteiger partial charge in [-0.15, -0.1) is 0 Å². The van der Waals surface area contributed by atoms with Gasteiger partial charge in [0, 0.05) is 11.6 Å². The van der Waals surface area contributed by atoms with Crippen LogP contribution >= 0.6 is 0 Å². The molecule has 1 saturated carbocycles. The lowest BCUT2D eigenvalue weighted by Gasteiger charge is -2.29. The first kappa shape index (κ1) is 13.7. The first-order valence-electron chi connectivity index (χ1n) is 6.68. The summed E-state index contributed by atoms with van der Waals surface area (Å²) in [5, 5.41) is 3.51. The molecular weight excluding hydrogens is 240 g/mol. The maximum absolute atomic E-state index is 11.3. The lowest BCUT2D eigenvalue weighted by Crippen LogP contribution is -2.31.